The van der Waals surface area contributed by atoms with E-state index >= 15 is 0 Å². The van der Waals surface area contributed by atoms with Gasteiger partial charge in [0.2, 0.25) is 5.24 Å². The summed E-state index contributed by atoms with van der Waals surface area (Å²) < 4.78 is 25.8. The van der Waals surface area contributed by atoms with Gasteiger partial charge in [-0.25, -0.2) is 8.78 Å². The molecule has 0 radical (unpaired) electrons. The van der Waals surface area contributed by atoms with Gasteiger partial charge in [0.15, 0.2) is 0 Å². The summed E-state index contributed by atoms with van der Waals surface area (Å²) in [6.45, 7) is 0. The lowest BCUT2D eigenvalue weighted by atomic mass is 10.1. The maximum atomic E-state index is 12.9. The molecule has 13 heavy (non-hydrogen) atoms. The lowest BCUT2D eigenvalue weighted by Gasteiger charge is -2.01. The summed E-state index contributed by atoms with van der Waals surface area (Å²) in [6.07, 6.45) is -0.0553. The van der Waals surface area contributed by atoms with Gasteiger partial charge in [-0.05, 0) is 30.2 Å². The summed E-state index contributed by atoms with van der Waals surface area (Å²) in [6, 6.07) is 3.57. The van der Waals surface area contributed by atoms with Crippen LogP contribution in [0.1, 0.15) is 12.0 Å². The molecule has 70 valence electrons. The molecule has 0 amide bonds. The zero-order chi connectivity index (χ0) is 9.84. The maximum Gasteiger partial charge on any atom is 0.221 e. The van der Waals surface area contributed by atoms with Gasteiger partial charge in [0.1, 0.15) is 11.6 Å². The topological polar surface area (TPSA) is 17.1 Å². The highest BCUT2D eigenvalue weighted by molar-refractivity contribution is 6.63. The fourth-order valence-electron chi connectivity index (χ4n) is 0.994. The SMILES string of the molecule is O=C(Cl)CCc1c(F)cccc1F. The molecule has 0 saturated carbocycles. The summed E-state index contributed by atoms with van der Waals surface area (Å²) in [5.74, 6) is -1.28. The normalized spacial score (nSPS) is 10.1. The fraction of sp³-hybridized carbons (Fsp3) is 0.222. The van der Waals surface area contributed by atoms with Crippen LogP contribution in [0.4, 0.5) is 8.78 Å². The zero-order valence-corrected chi connectivity index (χ0v) is 7.44. The van der Waals surface area contributed by atoms with Crippen LogP contribution in [0.2, 0.25) is 0 Å². The largest absolute Gasteiger partial charge is 0.281 e. The number of hydrogen-bond donors (Lipinski definition) is 0. The third kappa shape index (κ3) is 2.77. The lowest BCUT2D eigenvalue weighted by Crippen LogP contribution is -1.98. The lowest BCUT2D eigenvalue weighted by molar-refractivity contribution is -0.111. The van der Waals surface area contributed by atoms with Gasteiger partial charge in [-0.15, -0.1) is 0 Å². The molecule has 0 saturated heterocycles. The van der Waals surface area contributed by atoms with Crippen molar-refractivity contribution in [1.82, 2.24) is 0 Å². The number of carbonyl (C=O) groups excluding carboxylic acids is 1. The van der Waals surface area contributed by atoms with E-state index < -0.39 is 16.9 Å². The maximum absolute atomic E-state index is 12.9. The summed E-state index contributed by atoms with van der Waals surface area (Å²) in [7, 11) is 0. The van der Waals surface area contributed by atoms with E-state index in [1.165, 1.54) is 6.07 Å². The Kier molecular flexibility index (Phi) is 3.37. The van der Waals surface area contributed by atoms with Crippen LogP contribution in [0.25, 0.3) is 0 Å². The average molecular weight is 205 g/mol. The van der Waals surface area contributed by atoms with Crippen molar-refractivity contribution in [3.05, 3.63) is 35.4 Å². The highest BCUT2D eigenvalue weighted by Gasteiger charge is 2.08. The summed E-state index contributed by atoms with van der Waals surface area (Å²) in [4.78, 5) is 10.4. The first-order chi connectivity index (χ1) is 6.11. The zero-order valence-electron chi connectivity index (χ0n) is 6.69. The molecular weight excluding hydrogens is 198 g/mol. The van der Waals surface area contributed by atoms with Crippen LogP contribution >= 0.6 is 11.6 Å². The van der Waals surface area contributed by atoms with Crippen molar-refractivity contribution in [2.45, 2.75) is 12.8 Å². The van der Waals surface area contributed by atoms with Crippen LogP contribution in [0, 0.1) is 11.6 Å². The van der Waals surface area contributed by atoms with Crippen LogP contribution < -0.4 is 0 Å². The van der Waals surface area contributed by atoms with Crippen molar-refractivity contribution in [2.24, 2.45) is 0 Å². The van der Waals surface area contributed by atoms with Gasteiger partial charge in [0.25, 0.3) is 0 Å². The average Bonchev–Trinajstić information content (AvgIpc) is 2.03. The van der Waals surface area contributed by atoms with Gasteiger partial charge >= 0.3 is 0 Å². The number of benzene rings is 1. The van der Waals surface area contributed by atoms with Crippen LogP contribution in [0.15, 0.2) is 18.2 Å². The number of hydrogen-bond acceptors (Lipinski definition) is 1. The molecule has 0 heterocycles. The van der Waals surface area contributed by atoms with E-state index in [0.29, 0.717) is 0 Å². The molecular formula is C9H7ClF2O. The Hall–Kier alpha value is -0.960. The highest BCUT2D eigenvalue weighted by atomic mass is 35.5. The first kappa shape index (κ1) is 10.1. The minimum Gasteiger partial charge on any atom is -0.281 e. The van der Waals surface area contributed by atoms with Crippen molar-refractivity contribution < 1.29 is 13.6 Å². The van der Waals surface area contributed by atoms with Crippen LogP contribution in [0.3, 0.4) is 0 Å². The summed E-state index contributed by atoms with van der Waals surface area (Å²) >= 11 is 5.05. The van der Waals surface area contributed by atoms with E-state index in [-0.39, 0.29) is 18.4 Å². The molecule has 1 nitrogen and oxygen atoms in total. The van der Waals surface area contributed by atoms with Gasteiger partial charge in [-0.1, -0.05) is 6.07 Å². The van der Waals surface area contributed by atoms with Crippen molar-refractivity contribution in [3.8, 4) is 0 Å². The van der Waals surface area contributed by atoms with Crippen LogP contribution in [0.5, 0.6) is 0 Å². The number of rotatable bonds is 3. The Bertz CT molecular complexity index is 305. The van der Waals surface area contributed by atoms with Crippen molar-refractivity contribution in [3.63, 3.8) is 0 Å². The molecule has 0 unspecified atom stereocenters. The molecule has 0 aromatic heterocycles. The van der Waals surface area contributed by atoms with Gasteiger partial charge in [-0.2, -0.15) is 0 Å². The van der Waals surface area contributed by atoms with Gasteiger partial charge in [-0.3, -0.25) is 4.79 Å². The molecule has 4 heteroatoms. The molecule has 0 fully saturated rings. The quantitative estimate of drug-likeness (QED) is 0.692. The van der Waals surface area contributed by atoms with E-state index in [9.17, 15) is 13.6 Å². The predicted octanol–water partition coefficient (Wildman–Crippen LogP) is 2.66. The molecule has 0 N–H and O–H groups in total. The fourth-order valence-corrected chi connectivity index (χ4v) is 1.09. The van der Waals surface area contributed by atoms with Crippen molar-refractivity contribution >= 4 is 16.8 Å². The van der Waals surface area contributed by atoms with E-state index in [1.807, 2.05) is 0 Å². The molecule has 0 aliphatic heterocycles. The Morgan fingerprint density at radius 1 is 1.31 bits per heavy atom. The molecule has 0 spiro atoms. The van der Waals surface area contributed by atoms with Crippen molar-refractivity contribution in [2.75, 3.05) is 0 Å². The standard InChI is InChI=1S/C9H7ClF2O/c10-9(13)5-4-6-7(11)2-1-3-8(6)12/h1-3H,4-5H2. The van der Waals surface area contributed by atoms with E-state index in [2.05, 4.69) is 0 Å². The van der Waals surface area contributed by atoms with Gasteiger partial charge < -0.3 is 0 Å². The highest BCUT2D eigenvalue weighted by Crippen LogP contribution is 2.14. The molecule has 1 rings (SSSR count). The van der Waals surface area contributed by atoms with E-state index in [4.69, 9.17) is 11.6 Å². The van der Waals surface area contributed by atoms with E-state index in [0.717, 1.165) is 12.1 Å². The Labute approximate surface area is 79.3 Å². The van der Waals surface area contributed by atoms with Gasteiger partial charge in [0.05, 0.1) is 0 Å². The minimum atomic E-state index is -0.641. The number of carbonyl (C=O) groups is 1. The third-order valence-electron chi connectivity index (χ3n) is 1.63. The second kappa shape index (κ2) is 4.33. The molecule has 1 aromatic rings. The summed E-state index contributed by atoms with van der Waals surface area (Å²) in [5.41, 5.74) is -0.0866. The van der Waals surface area contributed by atoms with Gasteiger partial charge in [0, 0.05) is 12.0 Å². The molecule has 0 aliphatic rings. The van der Waals surface area contributed by atoms with Crippen LogP contribution in [-0.2, 0) is 11.2 Å². The van der Waals surface area contributed by atoms with E-state index in [1.54, 1.807) is 0 Å². The first-order valence-corrected chi connectivity index (χ1v) is 4.10. The molecule has 1 aromatic carbocycles. The smallest absolute Gasteiger partial charge is 0.221 e. The summed E-state index contributed by atoms with van der Waals surface area (Å²) in [5, 5.41) is -0.595. The Morgan fingerprint density at radius 3 is 2.31 bits per heavy atom. The predicted molar refractivity (Wildman–Crippen MR) is 45.5 cm³/mol. The first-order valence-electron chi connectivity index (χ1n) is 3.72. The molecule has 0 atom stereocenters. The Balaban J connectivity index is 2.81. The third-order valence-corrected chi connectivity index (χ3v) is 1.82. The van der Waals surface area contributed by atoms with Crippen LogP contribution in [-0.4, -0.2) is 5.24 Å². The minimum absolute atomic E-state index is 0.000833. The second-order valence-electron chi connectivity index (χ2n) is 2.56. The molecule has 0 bridgehead atoms. The van der Waals surface area contributed by atoms with Crippen molar-refractivity contribution in [1.29, 1.82) is 0 Å². The Morgan fingerprint density at radius 2 is 1.85 bits per heavy atom. The number of halogens is 3. The monoisotopic (exact) mass is 204 g/mol. The second-order valence-corrected chi connectivity index (χ2v) is 2.98. The molecule has 0 aliphatic carbocycles.